The Morgan fingerprint density at radius 3 is 1.36 bits per heavy atom. The Balaban J connectivity index is 2.17. The first-order chi connectivity index (χ1) is 6.58. The van der Waals surface area contributed by atoms with Crippen LogP contribution in [0.4, 0.5) is 0 Å². The molecule has 84 valence electrons. The summed E-state index contributed by atoms with van der Waals surface area (Å²) >= 11 is 8.95. The Hall–Kier alpha value is 0.700. The van der Waals surface area contributed by atoms with Gasteiger partial charge in [-0.25, -0.2) is 0 Å². The lowest BCUT2D eigenvalue weighted by Gasteiger charge is -2.30. The van der Waals surface area contributed by atoms with Gasteiger partial charge in [0.25, 0.3) is 0 Å². The Kier molecular flexibility index (Phi) is 5.76. The van der Waals surface area contributed by atoms with Crippen molar-refractivity contribution in [3.05, 3.63) is 0 Å². The summed E-state index contributed by atoms with van der Waals surface area (Å²) in [7, 11) is 0. The number of thiol groups is 2. The van der Waals surface area contributed by atoms with E-state index in [1.54, 1.807) is 0 Å². The van der Waals surface area contributed by atoms with Crippen molar-refractivity contribution in [2.45, 2.75) is 62.9 Å². The van der Waals surface area contributed by atoms with Crippen molar-refractivity contribution in [2.24, 2.45) is 11.8 Å². The molecule has 1 saturated carbocycles. The van der Waals surface area contributed by atoms with Crippen molar-refractivity contribution in [1.82, 2.24) is 0 Å². The van der Waals surface area contributed by atoms with Crippen LogP contribution in [0.1, 0.15) is 52.4 Å². The zero-order valence-corrected chi connectivity index (χ0v) is 11.2. The molecule has 1 aliphatic rings. The quantitative estimate of drug-likeness (QED) is 0.667. The maximum atomic E-state index is 4.47. The van der Waals surface area contributed by atoms with Crippen LogP contribution in [-0.2, 0) is 0 Å². The van der Waals surface area contributed by atoms with Crippen molar-refractivity contribution in [1.29, 1.82) is 0 Å². The molecule has 1 aliphatic carbocycles. The largest absolute Gasteiger partial charge is 0.176 e. The Morgan fingerprint density at radius 2 is 1.14 bits per heavy atom. The van der Waals surface area contributed by atoms with Crippen LogP contribution in [0.3, 0.4) is 0 Å². The van der Waals surface area contributed by atoms with E-state index in [2.05, 4.69) is 39.1 Å². The first kappa shape index (κ1) is 12.8. The van der Waals surface area contributed by atoms with E-state index >= 15 is 0 Å². The highest BCUT2D eigenvalue weighted by Gasteiger charge is 2.22. The summed E-state index contributed by atoms with van der Waals surface area (Å²) in [6.45, 7) is 4.43. The molecule has 1 fully saturated rings. The fourth-order valence-corrected chi connectivity index (χ4v) is 3.26. The highest BCUT2D eigenvalue weighted by atomic mass is 32.1. The first-order valence-corrected chi connectivity index (χ1v) is 6.97. The number of rotatable bonds is 4. The van der Waals surface area contributed by atoms with Gasteiger partial charge in [-0.3, -0.25) is 0 Å². The molecule has 0 aliphatic heterocycles. The molecule has 0 spiro atoms. The first-order valence-electron chi connectivity index (χ1n) is 5.94. The van der Waals surface area contributed by atoms with Crippen LogP contribution in [0.5, 0.6) is 0 Å². The summed E-state index contributed by atoms with van der Waals surface area (Å²) in [5.41, 5.74) is 0. The molecule has 0 heterocycles. The molecular formula is C12H24S2. The van der Waals surface area contributed by atoms with Crippen molar-refractivity contribution in [3.63, 3.8) is 0 Å². The van der Waals surface area contributed by atoms with Crippen molar-refractivity contribution >= 4 is 25.3 Å². The van der Waals surface area contributed by atoms with Crippen LogP contribution in [-0.4, -0.2) is 10.5 Å². The second kappa shape index (κ2) is 6.32. The normalized spacial score (nSPS) is 32.6. The molecule has 2 unspecified atom stereocenters. The SMILES string of the molecule is CC(S)CC1CCC(CC(C)S)CC1. The third-order valence-electron chi connectivity index (χ3n) is 3.32. The van der Waals surface area contributed by atoms with E-state index in [1.165, 1.54) is 38.5 Å². The molecule has 0 bridgehead atoms. The van der Waals surface area contributed by atoms with Crippen molar-refractivity contribution in [2.75, 3.05) is 0 Å². The van der Waals surface area contributed by atoms with Crippen LogP contribution < -0.4 is 0 Å². The van der Waals surface area contributed by atoms with Gasteiger partial charge in [0.2, 0.25) is 0 Å². The second-order valence-corrected chi connectivity index (χ2v) is 6.82. The van der Waals surface area contributed by atoms with Gasteiger partial charge in [-0.15, -0.1) is 0 Å². The smallest absolute Gasteiger partial charge is 0.000895 e. The van der Waals surface area contributed by atoms with E-state index in [9.17, 15) is 0 Å². The van der Waals surface area contributed by atoms with Gasteiger partial charge in [-0.05, 0) is 35.2 Å². The highest BCUT2D eigenvalue weighted by molar-refractivity contribution is 7.81. The van der Waals surface area contributed by atoms with E-state index in [1.807, 2.05) is 0 Å². The molecule has 0 aromatic heterocycles. The molecule has 2 heteroatoms. The van der Waals surface area contributed by atoms with Crippen LogP contribution in [0, 0.1) is 11.8 Å². The van der Waals surface area contributed by atoms with Gasteiger partial charge in [-0.2, -0.15) is 25.3 Å². The minimum Gasteiger partial charge on any atom is -0.176 e. The van der Waals surface area contributed by atoms with Gasteiger partial charge in [0.05, 0.1) is 0 Å². The third-order valence-corrected chi connectivity index (χ3v) is 3.74. The Bertz CT molecular complexity index is 128. The summed E-state index contributed by atoms with van der Waals surface area (Å²) in [4.78, 5) is 0. The maximum absolute atomic E-state index is 4.47. The maximum Gasteiger partial charge on any atom is -0.000895 e. The fraction of sp³-hybridized carbons (Fsp3) is 1.00. The lowest BCUT2D eigenvalue weighted by molar-refractivity contribution is 0.254. The number of hydrogen-bond acceptors (Lipinski definition) is 2. The topological polar surface area (TPSA) is 0 Å². The van der Waals surface area contributed by atoms with E-state index in [0.717, 1.165) is 11.8 Å². The van der Waals surface area contributed by atoms with Crippen LogP contribution in [0.25, 0.3) is 0 Å². The molecule has 0 aromatic rings. The standard InChI is InChI=1S/C12H24S2/c1-9(13)7-11-3-5-12(6-4-11)8-10(2)14/h9-14H,3-8H2,1-2H3. The number of hydrogen-bond donors (Lipinski definition) is 2. The Morgan fingerprint density at radius 1 is 0.857 bits per heavy atom. The molecule has 14 heavy (non-hydrogen) atoms. The average molecular weight is 232 g/mol. The molecule has 0 radical (unpaired) electrons. The highest BCUT2D eigenvalue weighted by Crippen LogP contribution is 2.34. The van der Waals surface area contributed by atoms with Crippen LogP contribution >= 0.6 is 25.3 Å². The summed E-state index contributed by atoms with van der Waals surface area (Å²) in [5, 5.41) is 1.17. The zero-order chi connectivity index (χ0) is 10.6. The van der Waals surface area contributed by atoms with E-state index in [0.29, 0.717) is 10.5 Å². The van der Waals surface area contributed by atoms with Crippen LogP contribution in [0.15, 0.2) is 0 Å². The molecular weight excluding hydrogens is 208 g/mol. The predicted molar refractivity (Wildman–Crippen MR) is 71.6 cm³/mol. The van der Waals surface area contributed by atoms with Crippen molar-refractivity contribution in [3.8, 4) is 0 Å². The van der Waals surface area contributed by atoms with Crippen LogP contribution in [0.2, 0.25) is 0 Å². The minimum absolute atomic E-state index is 0.584. The second-order valence-electron chi connectivity index (χ2n) is 5.06. The van der Waals surface area contributed by atoms with Gasteiger partial charge >= 0.3 is 0 Å². The van der Waals surface area contributed by atoms with Gasteiger partial charge in [0.1, 0.15) is 0 Å². The molecule has 0 N–H and O–H groups in total. The Labute approximate surface area is 100 Å². The minimum atomic E-state index is 0.584. The van der Waals surface area contributed by atoms with Gasteiger partial charge < -0.3 is 0 Å². The molecule has 0 saturated heterocycles. The lowest BCUT2D eigenvalue weighted by Crippen LogP contribution is -2.18. The summed E-state index contributed by atoms with van der Waals surface area (Å²) in [6.07, 6.45) is 8.33. The van der Waals surface area contributed by atoms with E-state index < -0.39 is 0 Å². The third kappa shape index (κ3) is 4.97. The monoisotopic (exact) mass is 232 g/mol. The van der Waals surface area contributed by atoms with E-state index in [4.69, 9.17) is 0 Å². The van der Waals surface area contributed by atoms with Gasteiger partial charge in [0, 0.05) is 0 Å². The summed E-state index contributed by atoms with van der Waals surface area (Å²) in [6, 6.07) is 0. The van der Waals surface area contributed by atoms with Crippen molar-refractivity contribution < 1.29 is 0 Å². The predicted octanol–water partition coefficient (Wildman–Crippen LogP) is 4.21. The average Bonchev–Trinajstić information content (AvgIpc) is 2.06. The van der Waals surface area contributed by atoms with Gasteiger partial charge in [-0.1, -0.05) is 39.5 Å². The molecule has 0 amide bonds. The summed E-state index contributed by atoms with van der Waals surface area (Å²) in [5.74, 6) is 1.91. The van der Waals surface area contributed by atoms with E-state index in [-0.39, 0.29) is 0 Å². The molecule has 0 aromatic carbocycles. The molecule has 1 rings (SSSR count). The van der Waals surface area contributed by atoms with Gasteiger partial charge in [0.15, 0.2) is 0 Å². The fourth-order valence-electron chi connectivity index (χ4n) is 2.67. The zero-order valence-electron chi connectivity index (χ0n) is 9.45. The summed E-state index contributed by atoms with van der Waals surface area (Å²) < 4.78 is 0. The molecule has 2 atom stereocenters. The lowest BCUT2D eigenvalue weighted by atomic mass is 9.78. The molecule has 0 nitrogen and oxygen atoms in total.